The molecule has 0 aliphatic rings. The van der Waals surface area contributed by atoms with Crippen LogP contribution in [0, 0.1) is 10.1 Å². The summed E-state index contributed by atoms with van der Waals surface area (Å²) in [6, 6.07) is 3.75. The first kappa shape index (κ1) is 17.4. The van der Waals surface area contributed by atoms with Crippen LogP contribution >= 0.6 is 0 Å². The third kappa shape index (κ3) is 5.01. The fourth-order valence-corrected chi connectivity index (χ4v) is 1.59. The van der Waals surface area contributed by atoms with Gasteiger partial charge in [-0.15, -0.1) is 0 Å². The second-order valence-corrected chi connectivity index (χ2v) is 5.39. The highest BCUT2D eigenvalue weighted by molar-refractivity contribution is 5.92. The van der Waals surface area contributed by atoms with E-state index in [2.05, 4.69) is 4.74 Å². The van der Waals surface area contributed by atoms with Crippen molar-refractivity contribution in [3.63, 3.8) is 0 Å². The summed E-state index contributed by atoms with van der Waals surface area (Å²) in [5, 5.41) is 11.0. The van der Waals surface area contributed by atoms with Gasteiger partial charge in [0.2, 0.25) is 0 Å². The minimum absolute atomic E-state index is 0.110. The number of ether oxygens (including phenoxy) is 2. The summed E-state index contributed by atoms with van der Waals surface area (Å²) in [5.41, 5.74) is -0.635. The first-order valence-corrected chi connectivity index (χ1v) is 6.42. The summed E-state index contributed by atoms with van der Waals surface area (Å²) in [4.78, 5) is 33.5. The molecule has 0 fully saturated rings. The molecule has 0 saturated heterocycles. The van der Waals surface area contributed by atoms with Crippen molar-refractivity contribution in [2.24, 2.45) is 0 Å². The molecular formula is C15H17NO6. The number of benzene rings is 1. The lowest BCUT2D eigenvalue weighted by atomic mass is 10.1. The van der Waals surface area contributed by atoms with E-state index in [0.29, 0.717) is 0 Å². The van der Waals surface area contributed by atoms with E-state index >= 15 is 0 Å². The molecule has 0 aliphatic carbocycles. The number of rotatable bonds is 4. The SMILES string of the molecule is COC(=O)c1ccc([N+](=O)[O-])c(/C=C/C(=O)OC(C)(C)C)c1. The number of esters is 2. The molecule has 1 aromatic rings. The number of nitro groups is 1. The maximum absolute atomic E-state index is 11.6. The van der Waals surface area contributed by atoms with Crippen molar-refractivity contribution in [2.75, 3.05) is 7.11 Å². The third-order valence-electron chi connectivity index (χ3n) is 2.45. The molecule has 0 saturated carbocycles. The first-order chi connectivity index (χ1) is 10.1. The van der Waals surface area contributed by atoms with Crippen LogP contribution in [0.2, 0.25) is 0 Å². The number of carbonyl (C=O) groups is 2. The Labute approximate surface area is 127 Å². The molecule has 22 heavy (non-hydrogen) atoms. The monoisotopic (exact) mass is 307 g/mol. The zero-order valence-corrected chi connectivity index (χ0v) is 12.8. The number of methoxy groups -OCH3 is 1. The van der Waals surface area contributed by atoms with Crippen LogP contribution in [0.25, 0.3) is 6.08 Å². The Kier molecular flexibility index (Phi) is 5.39. The van der Waals surface area contributed by atoms with E-state index < -0.39 is 22.5 Å². The molecule has 0 atom stereocenters. The molecule has 0 amide bonds. The standard InChI is InChI=1S/C15H17NO6/c1-15(2,3)22-13(17)8-6-10-9-11(14(18)21-4)5-7-12(10)16(19)20/h5-9H,1-4H3/b8-6+. The number of carbonyl (C=O) groups excluding carboxylic acids is 2. The predicted molar refractivity (Wildman–Crippen MR) is 79.3 cm³/mol. The van der Waals surface area contributed by atoms with Gasteiger partial charge in [0.15, 0.2) is 0 Å². The van der Waals surface area contributed by atoms with Gasteiger partial charge in [-0.2, -0.15) is 0 Å². The van der Waals surface area contributed by atoms with Gasteiger partial charge in [0.25, 0.3) is 5.69 Å². The average Bonchev–Trinajstić information content (AvgIpc) is 2.41. The molecule has 1 rings (SSSR count). The normalized spacial score (nSPS) is 11.3. The van der Waals surface area contributed by atoms with Crippen molar-refractivity contribution < 1.29 is 24.0 Å². The lowest BCUT2D eigenvalue weighted by molar-refractivity contribution is -0.385. The molecule has 0 aromatic heterocycles. The van der Waals surface area contributed by atoms with E-state index in [-0.39, 0.29) is 16.8 Å². The number of hydrogen-bond donors (Lipinski definition) is 0. The van der Waals surface area contributed by atoms with Crippen molar-refractivity contribution in [3.05, 3.63) is 45.5 Å². The smallest absolute Gasteiger partial charge is 0.337 e. The molecule has 7 heteroatoms. The second-order valence-electron chi connectivity index (χ2n) is 5.39. The molecule has 0 heterocycles. The van der Waals surface area contributed by atoms with Crippen LogP contribution in [0.1, 0.15) is 36.7 Å². The van der Waals surface area contributed by atoms with Crippen LogP contribution < -0.4 is 0 Å². The van der Waals surface area contributed by atoms with Gasteiger partial charge in [-0.25, -0.2) is 9.59 Å². The van der Waals surface area contributed by atoms with E-state index in [1.54, 1.807) is 20.8 Å². The fraction of sp³-hybridized carbons (Fsp3) is 0.333. The molecule has 0 aliphatic heterocycles. The summed E-state index contributed by atoms with van der Waals surface area (Å²) >= 11 is 0. The summed E-state index contributed by atoms with van der Waals surface area (Å²) in [6.07, 6.45) is 2.31. The van der Waals surface area contributed by atoms with E-state index in [0.717, 1.165) is 6.08 Å². The van der Waals surface area contributed by atoms with Gasteiger partial charge < -0.3 is 9.47 Å². The Balaban J connectivity index is 3.12. The summed E-state index contributed by atoms with van der Waals surface area (Å²) in [5.74, 6) is -1.26. The van der Waals surface area contributed by atoms with Gasteiger partial charge in [-0.3, -0.25) is 10.1 Å². The van der Waals surface area contributed by atoms with Gasteiger partial charge in [0.05, 0.1) is 23.2 Å². The molecule has 7 nitrogen and oxygen atoms in total. The maximum Gasteiger partial charge on any atom is 0.337 e. The molecule has 118 valence electrons. The van der Waals surface area contributed by atoms with Gasteiger partial charge in [0, 0.05) is 12.1 Å². The Morgan fingerprint density at radius 2 is 1.91 bits per heavy atom. The zero-order chi connectivity index (χ0) is 16.9. The molecule has 0 unspecified atom stereocenters. The minimum Gasteiger partial charge on any atom is -0.465 e. The lowest BCUT2D eigenvalue weighted by Crippen LogP contribution is -2.22. The Morgan fingerprint density at radius 3 is 2.41 bits per heavy atom. The Hall–Kier alpha value is -2.70. The zero-order valence-electron chi connectivity index (χ0n) is 12.8. The first-order valence-electron chi connectivity index (χ1n) is 6.42. The van der Waals surface area contributed by atoms with Crippen LogP contribution in [-0.4, -0.2) is 29.6 Å². The van der Waals surface area contributed by atoms with E-state index in [4.69, 9.17) is 4.74 Å². The van der Waals surface area contributed by atoms with E-state index in [9.17, 15) is 19.7 Å². The quantitative estimate of drug-likeness (QED) is 0.367. The summed E-state index contributed by atoms with van der Waals surface area (Å²) < 4.78 is 9.63. The molecule has 0 bridgehead atoms. The van der Waals surface area contributed by atoms with Crippen molar-refractivity contribution in [2.45, 2.75) is 26.4 Å². The van der Waals surface area contributed by atoms with Crippen molar-refractivity contribution >= 4 is 23.7 Å². The summed E-state index contributed by atoms with van der Waals surface area (Å²) in [6.45, 7) is 5.12. The number of hydrogen-bond acceptors (Lipinski definition) is 6. The van der Waals surface area contributed by atoms with Gasteiger partial charge >= 0.3 is 11.9 Å². The van der Waals surface area contributed by atoms with Crippen molar-refractivity contribution in [3.8, 4) is 0 Å². The Morgan fingerprint density at radius 1 is 1.27 bits per heavy atom. The van der Waals surface area contributed by atoms with Crippen LogP contribution in [0.15, 0.2) is 24.3 Å². The van der Waals surface area contributed by atoms with E-state index in [1.165, 1.54) is 31.4 Å². The van der Waals surface area contributed by atoms with Crippen molar-refractivity contribution in [1.82, 2.24) is 0 Å². The molecular weight excluding hydrogens is 290 g/mol. The lowest BCUT2D eigenvalue weighted by Gasteiger charge is -2.17. The predicted octanol–water partition coefficient (Wildman–Crippen LogP) is 2.74. The van der Waals surface area contributed by atoms with Gasteiger partial charge in [0.1, 0.15) is 5.60 Å². The highest BCUT2D eigenvalue weighted by Gasteiger charge is 2.17. The average molecular weight is 307 g/mol. The Bertz CT molecular complexity index is 627. The molecule has 1 aromatic carbocycles. The largest absolute Gasteiger partial charge is 0.465 e. The molecule has 0 N–H and O–H groups in total. The van der Waals surface area contributed by atoms with Crippen molar-refractivity contribution in [1.29, 1.82) is 0 Å². The second kappa shape index (κ2) is 6.84. The maximum atomic E-state index is 11.6. The van der Waals surface area contributed by atoms with Crippen LogP contribution in [0.5, 0.6) is 0 Å². The summed E-state index contributed by atoms with van der Waals surface area (Å²) in [7, 11) is 1.21. The highest BCUT2D eigenvalue weighted by atomic mass is 16.6. The fourth-order valence-electron chi connectivity index (χ4n) is 1.59. The van der Waals surface area contributed by atoms with Gasteiger partial charge in [-0.1, -0.05) is 0 Å². The molecule has 0 radical (unpaired) electrons. The highest BCUT2D eigenvalue weighted by Crippen LogP contribution is 2.22. The third-order valence-corrected chi connectivity index (χ3v) is 2.45. The van der Waals surface area contributed by atoms with E-state index in [1.807, 2.05) is 0 Å². The topological polar surface area (TPSA) is 95.7 Å². The van der Waals surface area contributed by atoms with Gasteiger partial charge in [-0.05, 0) is 39.0 Å². The van der Waals surface area contributed by atoms with Crippen LogP contribution in [0.3, 0.4) is 0 Å². The number of nitro benzene ring substituents is 1. The van der Waals surface area contributed by atoms with Crippen LogP contribution in [-0.2, 0) is 14.3 Å². The number of nitrogens with zero attached hydrogens (tertiary/aromatic N) is 1. The van der Waals surface area contributed by atoms with Crippen LogP contribution in [0.4, 0.5) is 5.69 Å². The minimum atomic E-state index is -0.665. The molecule has 0 spiro atoms.